The molecule has 0 aromatic heterocycles. The van der Waals surface area contributed by atoms with Crippen LogP contribution in [-0.2, 0) is 9.53 Å². The number of hydrogen-bond acceptors (Lipinski definition) is 2. The van der Waals surface area contributed by atoms with Gasteiger partial charge in [0.05, 0.1) is 0 Å². The fraction of sp³-hybridized carbons (Fsp3) is 0.929. The Morgan fingerprint density at radius 2 is 1.94 bits per heavy atom. The lowest BCUT2D eigenvalue weighted by Gasteiger charge is -2.22. The molecule has 0 saturated carbocycles. The van der Waals surface area contributed by atoms with E-state index in [1.807, 2.05) is 0 Å². The van der Waals surface area contributed by atoms with E-state index in [1.165, 1.54) is 19.3 Å². The third-order valence-corrected chi connectivity index (χ3v) is 3.14. The second-order valence-corrected chi connectivity index (χ2v) is 6.29. The lowest BCUT2D eigenvalue weighted by molar-refractivity contribution is -0.122. The quantitative estimate of drug-likeness (QED) is 0.752. The SMILES string of the molecule is CC(C)(C)CC(=O)NCCCC1CCOCC1. The predicted octanol–water partition coefficient (Wildman–Crippen LogP) is 2.75. The highest BCUT2D eigenvalue weighted by Gasteiger charge is 2.16. The van der Waals surface area contributed by atoms with Crippen LogP contribution < -0.4 is 5.32 Å². The first-order valence-electron chi connectivity index (χ1n) is 6.82. The molecule has 0 radical (unpaired) electrons. The molecule has 0 spiro atoms. The fourth-order valence-electron chi connectivity index (χ4n) is 2.20. The minimum absolute atomic E-state index is 0.0881. The van der Waals surface area contributed by atoms with Gasteiger partial charge in [-0.2, -0.15) is 0 Å². The molecule has 1 rings (SSSR count). The molecular formula is C14H27NO2. The number of carbonyl (C=O) groups excluding carboxylic acids is 1. The Bertz CT molecular complexity index is 227. The van der Waals surface area contributed by atoms with Gasteiger partial charge in [0.1, 0.15) is 0 Å². The normalized spacial score (nSPS) is 18.1. The third-order valence-electron chi connectivity index (χ3n) is 3.14. The van der Waals surface area contributed by atoms with Crippen LogP contribution in [0.5, 0.6) is 0 Å². The van der Waals surface area contributed by atoms with Crippen molar-refractivity contribution in [2.24, 2.45) is 11.3 Å². The molecular weight excluding hydrogens is 214 g/mol. The summed E-state index contributed by atoms with van der Waals surface area (Å²) in [4.78, 5) is 11.6. The Kier molecular flexibility index (Phi) is 5.96. The summed E-state index contributed by atoms with van der Waals surface area (Å²) in [5.41, 5.74) is 0.0881. The van der Waals surface area contributed by atoms with E-state index in [2.05, 4.69) is 26.1 Å². The molecule has 100 valence electrons. The Hall–Kier alpha value is -0.570. The van der Waals surface area contributed by atoms with Gasteiger partial charge >= 0.3 is 0 Å². The number of ether oxygens (including phenoxy) is 1. The average molecular weight is 241 g/mol. The number of carbonyl (C=O) groups is 1. The minimum Gasteiger partial charge on any atom is -0.381 e. The van der Waals surface area contributed by atoms with E-state index in [9.17, 15) is 4.79 Å². The monoisotopic (exact) mass is 241 g/mol. The van der Waals surface area contributed by atoms with E-state index in [4.69, 9.17) is 4.74 Å². The van der Waals surface area contributed by atoms with Gasteiger partial charge in [-0.25, -0.2) is 0 Å². The zero-order chi connectivity index (χ0) is 12.7. The van der Waals surface area contributed by atoms with Crippen molar-refractivity contribution in [3.05, 3.63) is 0 Å². The highest BCUT2D eigenvalue weighted by molar-refractivity contribution is 5.76. The Labute approximate surface area is 105 Å². The van der Waals surface area contributed by atoms with E-state index in [-0.39, 0.29) is 11.3 Å². The van der Waals surface area contributed by atoms with E-state index in [0.717, 1.165) is 32.1 Å². The molecule has 0 atom stereocenters. The maximum absolute atomic E-state index is 11.6. The minimum atomic E-state index is 0.0881. The van der Waals surface area contributed by atoms with E-state index < -0.39 is 0 Å². The predicted molar refractivity (Wildman–Crippen MR) is 69.9 cm³/mol. The highest BCUT2D eigenvalue weighted by atomic mass is 16.5. The summed E-state index contributed by atoms with van der Waals surface area (Å²) in [6.45, 7) is 8.94. The molecule has 1 aliphatic heterocycles. The van der Waals surface area contributed by atoms with Crippen LogP contribution in [0.4, 0.5) is 0 Å². The first kappa shape index (κ1) is 14.5. The third kappa shape index (κ3) is 7.37. The van der Waals surface area contributed by atoms with Crippen LogP contribution in [0.15, 0.2) is 0 Å². The summed E-state index contributed by atoms with van der Waals surface area (Å²) in [6.07, 6.45) is 5.32. The molecule has 0 aromatic rings. The molecule has 17 heavy (non-hydrogen) atoms. The zero-order valence-electron chi connectivity index (χ0n) is 11.6. The largest absolute Gasteiger partial charge is 0.381 e. The molecule has 1 heterocycles. The van der Waals surface area contributed by atoms with Crippen LogP contribution in [-0.4, -0.2) is 25.7 Å². The second kappa shape index (κ2) is 7.00. The van der Waals surface area contributed by atoms with E-state index in [1.54, 1.807) is 0 Å². The van der Waals surface area contributed by atoms with Gasteiger partial charge in [-0.15, -0.1) is 0 Å². The highest BCUT2D eigenvalue weighted by Crippen LogP contribution is 2.20. The maximum Gasteiger partial charge on any atom is 0.220 e. The van der Waals surface area contributed by atoms with Crippen LogP contribution in [0, 0.1) is 11.3 Å². The number of nitrogens with one attached hydrogen (secondary N) is 1. The Morgan fingerprint density at radius 3 is 2.53 bits per heavy atom. The van der Waals surface area contributed by atoms with Crippen molar-refractivity contribution in [2.75, 3.05) is 19.8 Å². The van der Waals surface area contributed by atoms with Crippen LogP contribution in [0.25, 0.3) is 0 Å². The molecule has 1 saturated heterocycles. The second-order valence-electron chi connectivity index (χ2n) is 6.29. The maximum atomic E-state index is 11.6. The van der Waals surface area contributed by atoms with E-state index in [0.29, 0.717) is 6.42 Å². The van der Waals surface area contributed by atoms with Gasteiger partial charge in [0.15, 0.2) is 0 Å². The molecule has 1 N–H and O–H groups in total. The van der Waals surface area contributed by atoms with Gasteiger partial charge < -0.3 is 10.1 Å². The van der Waals surface area contributed by atoms with Crippen molar-refractivity contribution in [3.63, 3.8) is 0 Å². The first-order valence-corrected chi connectivity index (χ1v) is 6.82. The number of amides is 1. The summed E-state index contributed by atoms with van der Waals surface area (Å²) in [5.74, 6) is 0.993. The molecule has 1 amide bonds. The van der Waals surface area contributed by atoms with Crippen LogP contribution in [0.2, 0.25) is 0 Å². The van der Waals surface area contributed by atoms with Crippen molar-refractivity contribution >= 4 is 5.91 Å². The van der Waals surface area contributed by atoms with Gasteiger partial charge in [0.25, 0.3) is 0 Å². The van der Waals surface area contributed by atoms with Gasteiger partial charge in [-0.3, -0.25) is 4.79 Å². The van der Waals surface area contributed by atoms with Gasteiger partial charge in [-0.1, -0.05) is 20.8 Å². The summed E-state index contributed by atoms with van der Waals surface area (Å²) in [7, 11) is 0. The fourth-order valence-corrected chi connectivity index (χ4v) is 2.20. The molecule has 3 heteroatoms. The molecule has 0 unspecified atom stereocenters. The summed E-state index contributed by atoms with van der Waals surface area (Å²) in [6, 6.07) is 0. The standard InChI is InChI=1S/C14H27NO2/c1-14(2,3)11-13(16)15-8-4-5-12-6-9-17-10-7-12/h12H,4-11H2,1-3H3,(H,15,16). The smallest absolute Gasteiger partial charge is 0.220 e. The van der Waals surface area contributed by atoms with Crippen molar-refractivity contribution in [1.82, 2.24) is 5.32 Å². The van der Waals surface area contributed by atoms with Crippen molar-refractivity contribution < 1.29 is 9.53 Å². The molecule has 3 nitrogen and oxygen atoms in total. The topological polar surface area (TPSA) is 38.3 Å². The van der Waals surface area contributed by atoms with Crippen molar-refractivity contribution in [2.45, 2.75) is 52.9 Å². The lowest BCUT2D eigenvalue weighted by atomic mass is 9.92. The first-order chi connectivity index (χ1) is 7.97. The average Bonchev–Trinajstić information content (AvgIpc) is 2.23. The van der Waals surface area contributed by atoms with E-state index >= 15 is 0 Å². The van der Waals surface area contributed by atoms with Gasteiger partial charge in [-0.05, 0) is 37.0 Å². The summed E-state index contributed by atoms with van der Waals surface area (Å²) < 4.78 is 5.33. The Balaban J connectivity index is 2.01. The lowest BCUT2D eigenvalue weighted by Crippen LogP contribution is -2.28. The van der Waals surface area contributed by atoms with Crippen LogP contribution in [0.1, 0.15) is 52.9 Å². The Morgan fingerprint density at radius 1 is 1.29 bits per heavy atom. The molecule has 0 aromatic carbocycles. The van der Waals surface area contributed by atoms with Crippen molar-refractivity contribution in [3.8, 4) is 0 Å². The molecule has 0 bridgehead atoms. The molecule has 1 aliphatic rings. The molecule has 0 aliphatic carbocycles. The van der Waals surface area contributed by atoms with Crippen LogP contribution >= 0.6 is 0 Å². The summed E-state index contributed by atoms with van der Waals surface area (Å²) >= 11 is 0. The zero-order valence-corrected chi connectivity index (χ0v) is 11.6. The number of rotatable bonds is 5. The van der Waals surface area contributed by atoms with Crippen molar-refractivity contribution in [1.29, 1.82) is 0 Å². The summed E-state index contributed by atoms with van der Waals surface area (Å²) in [5, 5.41) is 3.01. The molecule has 1 fully saturated rings. The van der Waals surface area contributed by atoms with Crippen LogP contribution in [0.3, 0.4) is 0 Å². The number of hydrogen-bond donors (Lipinski definition) is 1. The van der Waals surface area contributed by atoms with Gasteiger partial charge in [0, 0.05) is 26.2 Å². The van der Waals surface area contributed by atoms with Gasteiger partial charge in [0.2, 0.25) is 5.91 Å².